The number of rotatable bonds is 0. The number of fused-ring (bicyclic) bond motifs is 5. The van der Waals surface area contributed by atoms with E-state index in [1.54, 1.807) is 0 Å². The maximum atomic E-state index is 10.4. The predicted octanol–water partition coefficient (Wildman–Crippen LogP) is 3.27. The molecule has 4 rings (SSSR count). The molecule has 2 saturated carbocycles. The van der Waals surface area contributed by atoms with Gasteiger partial charge >= 0.3 is 0 Å². The monoisotopic (exact) mass is 287 g/mol. The highest BCUT2D eigenvalue weighted by atomic mass is 16.3. The quantitative estimate of drug-likeness (QED) is 0.672. The van der Waals surface area contributed by atoms with Crippen LogP contribution in [0.3, 0.4) is 0 Å². The van der Waals surface area contributed by atoms with Crippen molar-refractivity contribution in [1.82, 2.24) is 0 Å². The minimum atomic E-state index is -0.232. The van der Waals surface area contributed by atoms with E-state index >= 15 is 0 Å². The van der Waals surface area contributed by atoms with Crippen molar-refractivity contribution in [1.29, 1.82) is 0 Å². The van der Waals surface area contributed by atoms with Gasteiger partial charge in [-0.05, 0) is 61.2 Å². The minimum absolute atomic E-state index is 0.0964. The first-order chi connectivity index (χ1) is 9.95. The summed E-state index contributed by atoms with van der Waals surface area (Å²) in [5.74, 6) is 2.86. The number of hydrogen-bond donors (Lipinski definition) is 2. The Morgan fingerprint density at radius 2 is 1.90 bits per heavy atom. The SMILES string of the molecule is C[C@]12CC[C@H]3[C@@H](CCC4C[C@@H](N)C=C[C@@]43C)[C@@H]1C=C[C@@H]2O. The van der Waals surface area contributed by atoms with Gasteiger partial charge in [0, 0.05) is 11.5 Å². The minimum Gasteiger partial charge on any atom is -0.388 e. The summed E-state index contributed by atoms with van der Waals surface area (Å²) in [6.45, 7) is 4.79. The molecule has 0 heterocycles. The largest absolute Gasteiger partial charge is 0.388 e. The molecule has 0 radical (unpaired) electrons. The first-order valence-electron chi connectivity index (χ1n) is 8.76. The van der Waals surface area contributed by atoms with Crippen LogP contribution in [0.25, 0.3) is 0 Å². The number of hydrogen-bond acceptors (Lipinski definition) is 2. The van der Waals surface area contributed by atoms with Crippen LogP contribution in [-0.4, -0.2) is 17.3 Å². The average molecular weight is 287 g/mol. The number of nitrogens with two attached hydrogens (primary N) is 1. The highest BCUT2D eigenvalue weighted by Crippen LogP contribution is 2.63. The topological polar surface area (TPSA) is 46.2 Å². The first kappa shape index (κ1) is 14.0. The maximum absolute atomic E-state index is 10.4. The van der Waals surface area contributed by atoms with Crippen LogP contribution in [0, 0.1) is 34.5 Å². The van der Waals surface area contributed by atoms with Gasteiger partial charge in [-0.15, -0.1) is 0 Å². The summed E-state index contributed by atoms with van der Waals surface area (Å²) in [5.41, 5.74) is 6.59. The average Bonchev–Trinajstić information content (AvgIpc) is 2.76. The third-order valence-electron chi connectivity index (χ3n) is 7.70. The Bertz CT molecular complexity index is 498. The molecule has 0 bridgehead atoms. The van der Waals surface area contributed by atoms with Gasteiger partial charge in [0.1, 0.15) is 0 Å². The summed E-state index contributed by atoms with van der Waals surface area (Å²) >= 11 is 0. The highest BCUT2D eigenvalue weighted by molar-refractivity contribution is 5.22. The van der Waals surface area contributed by atoms with Gasteiger partial charge in [0.15, 0.2) is 0 Å². The molecule has 8 atom stereocenters. The second-order valence-electron chi connectivity index (χ2n) is 8.57. The van der Waals surface area contributed by atoms with Crippen LogP contribution in [0.15, 0.2) is 24.3 Å². The fraction of sp³-hybridized carbons (Fsp3) is 0.789. The molecule has 0 saturated heterocycles. The van der Waals surface area contributed by atoms with Gasteiger partial charge < -0.3 is 10.8 Å². The molecule has 0 spiro atoms. The Morgan fingerprint density at radius 1 is 1.10 bits per heavy atom. The fourth-order valence-electron chi connectivity index (χ4n) is 6.27. The van der Waals surface area contributed by atoms with Gasteiger partial charge in [-0.1, -0.05) is 38.2 Å². The van der Waals surface area contributed by atoms with E-state index in [1.807, 2.05) is 0 Å². The lowest BCUT2D eigenvalue weighted by Crippen LogP contribution is -2.53. The Balaban J connectivity index is 1.68. The lowest BCUT2D eigenvalue weighted by Gasteiger charge is -2.59. The van der Waals surface area contributed by atoms with E-state index in [0.717, 1.165) is 30.6 Å². The van der Waals surface area contributed by atoms with E-state index < -0.39 is 0 Å². The summed E-state index contributed by atoms with van der Waals surface area (Å²) in [7, 11) is 0. The summed E-state index contributed by atoms with van der Waals surface area (Å²) in [6, 6.07) is 0.265. The first-order valence-corrected chi connectivity index (χ1v) is 8.76. The zero-order valence-electron chi connectivity index (χ0n) is 13.3. The van der Waals surface area contributed by atoms with Gasteiger partial charge in [-0.3, -0.25) is 0 Å². The van der Waals surface area contributed by atoms with E-state index in [9.17, 15) is 5.11 Å². The molecule has 4 aliphatic carbocycles. The zero-order chi connectivity index (χ0) is 14.8. The van der Waals surface area contributed by atoms with Crippen molar-refractivity contribution in [2.45, 2.75) is 58.1 Å². The second-order valence-corrected chi connectivity index (χ2v) is 8.57. The van der Waals surface area contributed by atoms with Crippen molar-refractivity contribution in [3.8, 4) is 0 Å². The van der Waals surface area contributed by atoms with Crippen LogP contribution < -0.4 is 5.73 Å². The second kappa shape index (κ2) is 4.45. The molecule has 0 aromatic heterocycles. The lowest BCUT2D eigenvalue weighted by molar-refractivity contribution is -0.0872. The van der Waals surface area contributed by atoms with E-state index in [4.69, 9.17) is 5.73 Å². The molecule has 3 N–H and O–H groups in total. The Morgan fingerprint density at radius 3 is 2.71 bits per heavy atom. The van der Waals surface area contributed by atoms with Crippen LogP contribution in [-0.2, 0) is 0 Å². The third-order valence-corrected chi connectivity index (χ3v) is 7.70. The van der Waals surface area contributed by atoms with Crippen molar-refractivity contribution in [3.05, 3.63) is 24.3 Å². The van der Waals surface area contributed by atoms with Gasteiger partial charge in [-0.25, -0.2) is 0 Å². The molecule has 0 amide bonds. The molecular weight excluding hydrogens is 258 g/mol. The summed E-state index contributed by atoms with van der Waals surface area (Å²) in [4.78, 5) is 0. The molecule has 0 aromatic carbocycles. The molecule has 2 nitrogen and oxygen atoms in total. The summed E-state index contributed by atoms with van der Waals surface area (Å²) in [6.07, 6.45) is 15.1. The molecule has 116 valence electrons. The number of aliphatic hydroxyl groups excluding tert-OH is 1. The van der Waals surface area contributed by atoms with E-state index in [1.165, 1.54) is 19.3 Å². The normalized spacial score (nSPS) is 58.5. The molecular formula is C19H29NO. The van der Waals surface area contributed by atoms with Crippen molar-refractivity contribution in [2.75, 3.05) is 0 Å². The molecule has 2 heteroatoms. The van der Waals surface area contributed by atoms with Crippen molar-refractivity contribution in [3.63, 3.8) is 0 Å². The van der Waals surface area contributed by atoms with Gasteiger partial charge in [0.05, 0.1) is 6.10 Å². The van der Waals surface area contributed by atoms with Crippen molar-refractivity contribution in [2.24, 2.45) is 40.2 Å². The Hall–Kier alpha value is -0.600. The molecule has 4 aliphatic rings. The zero-order valence-corrected chi connectivity index (χ0v) is 13.3. The lowest BCUT2D eigenvalue weighted by atomic mass is 9.46. The van der Waals surface area contributed by atoms with E-state index in [2.05, 4.69) is 38.2 Å². The number of allylic oxidation sites excluding steroid dienone is 2. The van der Waals surface area contributed by atoms with Crippen LogP contribution in [0.1, 0.15) is 46.0 Å². The van der Waals surface area contributed by atoms with E-state index in [-0.39, 0.29) is 17.6 Å². The van der Waals surface area contributed by atoms with Crippen molar-refractivity contribution < 1.29 is 5.11 Å². The fourth-order valence-corrected chi connectivity index (χ4v) is 6.27. The Kier molecular flexibility index (Phi) is 2.97. The maximum Gasteiger partial charge on any atom is 0.0780 e. The molecule has 0 aromatic rings. The van der Waals surface area contributed by atoms with Crippen LogP contribution >= 0.6 is 0 Å². The van der Waals surface area contributed by atoms with Crippen LogP contribution in [0.2, 0.25) is 0 Å². The number of aliphatic hydroxyl groups is 1. The molecule has 2 fully saturated rings. The third kappa shape index (κ3) is 1.78. The van der Waals surface area contributed by atoms with E-state index in [0.29, 0.717) is 11.3 Å². The smallest absolute Gasteiger partial charge is 0.0780 e. The van der Waals surface area contributed by atoms with Crippen LogP contribution in [0.4, 0.5) is 0 Å². The van der Waals surface area contributed by atoms with Gasteiger partial charge in [0.2, 0.25) is 0 Å². The van der Waals surface area contributed by atoms with Gasteiger partial charge in [0.25, 0.3) is 0 Å². The molecule has 1 unspecified atom stereocenters. The van der Waals surface area contributed by atoms with Gasteiger partial charge in [-0.2, -0.15) is 0 Å². The van der Waals surface area contributed by atoms with Crippen molar-refractivity contribution >= 4 is 0 Å². The Labute approximate surface area is 128 Å². The summed E-state index contributed by atoms with van der Waals surface area (Å²) < 4.78 is 0. The molecule has 0 aliphatic heterocycles. The van der Waals surface area contributed by atoms with Crippen LogP contribution in [0.5, 0.6) is 0 Å². The predicted molar refractivity (Wildman–Crippen MR) is 85.5 cm³/mol. The molecule has 21 heavy (non-hydrogen) atoms. The highest BCUT2D eigenvalue weighted by Gasteiger charge is 2.57. The summed E-state index contributed by atoms with van der Waals surface area (Å²) in [5, 5.41) is 10.4. The standard InChI is InChI=1S/C19H29NO/c1-18-9-7-13(20)11-12(18)3-4-14-15-5-6-17(21)19(15,2)10-8-16(14)18/h5-7,9,12-17,21H,3-4,8,10-11,20H2,1-2H3/t12?,13-,14-,15-,16-,17-,18-,19-/m0/s1.